The molecule has 2 N–H and O–H groups in total. The number of benzene rings is 2. The van der Waals surface area contributed by atoms with Gasteiger partial charge in [0.25, 0.3) is 0 Å². The van der Waals surface area contributed by atoms with E-state index >= 15 is 0 Å². The van der Waals surface area contributed by atoms with E-state index < -0.39 is 0 Å². The summed E-state index contributed by atoms with van der Waals surface area (Å²) in [6, 6.07) is 13.2. The second kappa shape index (κ2) is 10.5. The smallest absolute Gasteiger partial charge is 0.0410 e. The first kappa shape index (κ1) is 22.3. The van der Waals surface area contributed by atoms with E-state index in [1.54, 1.807) is 0 Å². The molecule has 0 amide bonds. The van der Waals surface area contributed by atoms with Crippen LogP contribution in [-0.4, -0.2) is 38.1 Å². The van der Waals surface area contributed by atoms with Gasteiger partial charge in [-0.2, -0.15) is 0 Å². The predicted octanol–water partition coefficient (Wildman–Crippen LogP) is 6.01. The molecule has 154 valence electrons. The number of likely N-dealkylation sites (N-methyl/N-ethyl adjacent to an activating group) is 1. The lowest BCUT2D eigenvalue weighted by Crippen LogP contribution is -2.30. The van der Waals surface area contributed by atoms with Crippen molar-refractivity contribution in [3.8, 4) is 0 Å². The highest BCUT2D eigenvalue weighted by Crippen LogP contribution is 2.32. The fourth-order valence-corrected chi connectivity index (χ4v) is 3.70. The van der Waals surface area contributed by atoms with E-state index in [4.69, 9.17) is 0 Å². The minimum Gasteiger partial charge on any atom is -0.383 e. The number of hydrogen-bond acceptors (Lipinski definition) is 3. The second-order valence-electron chi connectivity index (χ2n) is 8.54. The fourth-order valence-electron chi connectivity index (χ4n) is 3.70. The molecule has 2 aromatic carbocycles. The summed E-state index contributed by atoms with van der Waals surface area (Å²) in [6.45, 7) is 17.4. The predicted molar refractivity (Wildman–Crippen MR) is 125 cm³/mol. The summed E-state index contributed by atoms with van der Waals surface area (Å²) in [5.41, 5.74) is 8.10. The third kappa shape index (κ3) is 6.00. The molecule has 0 aliphatic rings. The molecule has 0 aromatic heterocycles. The van der Waals surface area contributed by atoms with Crippen LogP contribution < -0.4 is 10.6 Å². The van der Waals surface area contributed by atoms with E-state index in [0.717, 1.165) is 26.2 Å². The Morgan fingerprint density at radius 2 is 1.14 bits per heavy atom. The molecule has 0 saturated carbocycles. The van der Waals surface area contributed by atoms with Crippen LogP contribution in [0, 0.1) is 13.8 Å². The number of para-hydroxylation sites is 2. The molecule has 0 saturated heterocycles. The lowest BCUT2D eigenvalue weighted by molar-refractivity contribution is 0.360. The number of hydrogen-bond donors (Lipinski definition) is 2. The fraction of sp³-hybridized carbons (Fsp3) is 0.520. The summed E-state index contributed by atoms with van der Waals surface area (Å²) in [4.78, 5) is 2.39. The Hall–Kier alpha value is -2.00. The van der Waals surface area contributed by atoms with E-state index in [0.29, 0.717) is 11.8 Å². The first-order valence-corrected chi connectivity index (χ1v) is 10.7. The molecule has 0 bridgehead atoms. The van der Waals surface area contributed by atoms with Gasteiger partial charge in [0.1, 0.15) is 0 Å². The minimum absolute atomic E-state index is 0.528. The van der Waals surface area contributed by atoms with E-state index in [2.05, 4.69) is 101 Å². The molecule has 0 unspecified atom stereocenters. The zero-order chi connectivity index (χ0) is 20.7. The van der Waals surface area contributed by atoms with Crippen molar-refractivity contribution >= 4 is 11.4 Å². The SMILES string of the molecule is Cc1cccc(C)c1NCCN(C)CCNc1c(C(C)C)cccc1C(C)C. The van der Waals surface area contributed by atoms with E-state index in [1.807, 2.05) is 0 Å². The lowest BCUT2D eigenvalue weighted by atomic mass is 9.92. The molecule has 0 aliphatic heterocycles. The first-order chi connectivity index (χ1) is 13.3. The lowest BCUT2D eigenvalue weighted by Gasteiger charge is -2.23. The maximum Gasteiger partial charge on any atom is 0.0410 e. The van der Waals surface area contributed by atoms with Gasteiger partial charge in [-0.05, 0) is 55.0 Å². The maximum atomic E-state index is 3.74. The van der Waals surface area contributed by atoms with Crippen LogP contribution in [-0.2, 0) is 0 Å². The Labute approximate surface area is 172 Å². The number of anilines is 2. The van der Waals surface area contributed by atoms with Crippen molar-refractivity contribution in [3.05, 3.63) is 58.7 Å². The summed E-state index contributed by atoms with van der Waals surface area (Å²) in [7, 11) is 2.20. The Morgan fingerprint density at radius 1 is 0.714 bits per heavy atom. The molecule has 28 heavy (non-hydrogen) atoms. The van der Waals surface area contributed by atoms with Crippen molar-refractivity contribution in [2.24, 2.45) is 0 Å². The monoisotopic (exact) mass is 381 g/mol. The molecule has 3 heteroatoms. The molecule has 0 spiro atoms. The van der Waals surface area contributed by atoms with Gasteiger partial charge in [0.15, 0.2) is 0 Å². The first-order valence-electron chi connectivity index (χ1n) is 10.7. The average molecular weight is 382 g/mol. The van der Waals surface area contributed by atoms with Crippen molar-refractivity contribution < 1.29 is 0 Å². The zero-order valence-corrected chi connectivity index (χ0v) is 18.9. The highest BCUT2D eigenvalue weighted by Gasteiger charge is 2.13. The van der Waals surface area contributed by atoms with Gasteiger partial charge in [-0.1, -0.05) is 64.1 Å². The maximum absolute atomic E-state index is 3.74. The van der Waals surface area contributed by atoms with Crippen LogP contribution in [0.4, 0.5) is 11.4 Å². The van der Waals surface area contributed by atoms with Gasteiger partial charge in [0, 0.05) is 37.6 Å². The summed E-state index contributed by atoms with van der Waals surface area (Å²) in [6.07, 6.45) is 0. The molecular formula is C25H39N3. The molecule has 0 aliphatic carbocycles. The molecule has 0 radical (unpaired) electrons. The summed E-state index contributed by atoms with van der Waals surface area (Å²) in [5, 5.41) is 7.35. The van der Waals surface area contributed by atoms with Gasteiger partial charge in [-0.25, -0.2) is 0 Å². The van der Waals surface area contributed by atoms with Gasteiger partial charge in [-0.15, -0.1) is 0 Å². The Morgan fingerprint density at radius 3 is 1.61 bits per heavy atom. The summed E-state index contributed by atoms with van der Waals surface area (Å²) < 4.78 is 0. The number of nitrogens with zero attached hydrogens (tertiary/aromatic N) is 1. The standard InChI is InChI=1S/C25H39N3/c1-18(2)22-12-9-13-23(19(3)4)25(22)27-15-17-28(7)16-14-26-24-20(5)10-8-11-21(24)6/h8-13,18-19,26-27H,14-17H2,1-7H3. The van der Waals surface area contributed by atoms with E-state index in [1.165, 1.54) is 33.6 Å². The van der Waals surface area contributed by atoms with Crippen molar-refractivity contribution in [1.29, 1.82) is 0 Å². The summed E-state index contributed by atoms with van der Waals surface area (Å²) in [5.74, 6) is 1.06. The largest absolute Gasteiger partial charge is 0.383 e. The Bertz CT molecular complexity index is 703. The van der Waals surface area contributed by atoms with Gasteiger partial charge in [0.2, 0.25) is 0 Å². The van der Waals surface area contributed by atoms with Crippen LogP contribution in [0.15, 0.2) is 36.4 Å². The van der Waals surface area contributed by atoms with E-state index in [-0.39, 0.29) is 0 Å². The van der Waals surface area contributed by atoms with Gasteiger partial charge in [0.05, 0.1) is 0 Å². The number of aryl methyl sites for hydroxylation is 2. The van der Waals surface area contributed by atoms with Crippen LogP contribution in [0.25, 0.3) is 0 Å². The number of nitrogens with one attached hydrogen (secondary N) is 2. The second-order valence-corrected chi connectivity index (χ2v) is 8.54. The minimum atomic E-state index is 0.528. The molecule has 0 heterocycles. The van der Waals surface area contributed by atoms with Crippen molar-refractivity contribution in [3.63, 3.8) is 0 Å². The molecule has 2 aromatic rings. The topological polar surface area (TPSA) is 27.3 Å². The van der Waals surface area contributed by atoms with Crippen molar-refractivity contribution in [1.82, 2.24) is 4.90 Å². The van der Waals surface area contributed by atoms with Crippen LogP contribution in [0.5, 0.6) is 0 Å². The molecule has 0 fully saturated rings. The van der Waals surface area contributed by atoms with Crippen LogP contribution in [0.2, 0.25) is 0 Å². The third-order valence-electron chi connectivity index (χ3n) is 5.44. The molecule has 3 nitrogen and oxygen atoms in total. The normalized spacial score (nSPS) is 11.5. The highest BCUT2D eigenvalue weighted by molar-refractivity contribution is 5.60. The van der Waals surface area contributed by atoms with Crippen molar-refractivity contribution in [2.75, 3.05) is 43.9 Å². The average Bonchev–Trinajstić information content (AvgIpc) is 2.63. The van der Waals surface area contributed by atoms with Gasteiger partial charge >= 0.3 is 0 Å². The summed E-state index contributed by atoms with van der Waals surface area (Å²) >= 11 is 0. The van der Waals surface area contributed by atoms with Crippen LogP contribution >= 0.6 is 0 Å². The van der Waals surface area contributed by atoms with Gasteiger partial charge < -0.3 is 15.5 Å². The van der Waals surface area contributed by atoms with E-state index in [9.17, 15) is 0 Å². The number of rotatable bonds is 10. The molecule has 0 atom stereocenters. The quantitative estimate of drug-likeness (QED) is 0.528. The van der Waals surface area contributed by atoms with Crippen LogP contribution in [0.1, 0.15) is 61.8 Å². The van der Waals surface area contributed by atoms with Crippen LogP contribution in [0.3, 0.4) is 0 Å². The van der Waals surface area contributed by atoms with Crippen molar-refractivity contribution in [2.45, 2.75) is 53.4 Å². The highest BCUT2D eigenvalue weighted by atomic mass is 15.1. The Kier molecular flexibility index (Phi) is 8.37. The Balaban J connectivity index is 1.86. The zero-order valence-electron chi connectivity index (χ0n) is 18.9. The molecular weight excluding hydrogens is 342 g/mol. The third-order valence-corrected chi connectivity index (χ3v) is 5.44. The molecule has 2 rings (SSSR count). The van der Waals surface area contributed by atoms with Gasteiger partial charge in [-0.3, -0.25) is 0 Å².